The van der Waals surface area contributed by atoms with Gasteiger partial charge in [-0.1, -0.05) is 36.1 Å². The molecule has 2 saturated heterocycles. The Morgan fingerprint density at radius 3 is 2.15 bits per heavy atom. The van der Waals surface area contributed by atoms with E-state index in [1.54, 1.807) is 29.2 Å². The number of likely N-dealkylation sites (tertiary alicyclic amines) is 1. The average molecular weight is 596 g/mol. The highest BCUT2D eigenvalue weighted by Gasteiger charge is 2.33. The lowest BCUT2D eigenvalue weighted by atomic mass is 10.2. The van der Waals surface area contributed by atoms with Crippen LogP contribution in [0, 0.1) is 0 Å². The Bertz CT molecular complexity index is 1370. The number of amides is 2. The molecular formula is C30H30ClN3O4S2. The van der Waals surface area contributed by atoms with Crippen LogP contribution in [-0.2, 0) is 4.79 Å². The first-order valence-electron chi connectivity index (χ1n) is 12.9. The molecule has 10 heteroatoms. The van der Waals surface area contributed by atoms with Crippen LogP contribution in [0.25, 0.3) is 6.08 Å². The summed E-state index contributed by atoms with van der Waals surface area (Å²) in [5.74, 6) is 1.37. The lowest BCUT2D eigenvalue weighted by Gasteiger charge is -2.16. The lowest BCUT2D eigenvalue weighted by Crippen LogP contribution is -2.27. The molecule has 0 aromatic heterocycles. The van der Waals surface area contributed by atoms with Crippen LogP contribution in [0.2, 0.25) is 0 Å². The number of hydrogen-bond donors (Lipinski definition) is 1. The molecule has 40 heavy (non-hydrogen) atoms. The predicted molar refractivity (Wildman–Crippen MR) is 167 cm³/mol. The Labute approximate surface area is 249 Å². The van der Waals surface area contributed by atoms with E-state index in [0.29, 0.717) is 32.9 Å². The summed E-state index contributed by atoms with van der Waals surface area (Å²) in [6.45, 7) is 4.14. The number of halogens is 1. The van der Waals surface area contributed by atoms with E-state index < -0.39 is 5.91 Å². The first-order valence-corrected chi connectivity index (χ1v) is 14.1. The van der Waals surface area contributed by atoms with E-state index >= 15 is 0 Å². The van der Waals surface area contributed by atoms with Gasteiger partial charge in [0.2, 0.25) is 5.91 Å². The molecule has 0 aliphatic carbocycles. The molecule has 0 radical (unpaired) electrons. The van der Waals surface area contributed by atoms with Crippen LogP contribution in [0.1, 0.15) is 35.2 Å². The third-order valence-electron chi connectivity index (χ3n) is 6.53. The van der Waals surface area contributed by atoms with E-state index in [2.05, 4.69) is 4.90 Å². The fourth-order valence-electron chi connectivity index (χ4n) is 4.47. The third kappa shape index (κ3) is 7.42. The molecule has 2 aliphatic rings. The van der Waals surface area contributed by atoms with Crippen molar-refractivity contribution in [2.24, 2.45) is 5.73 Å². The lowest BCUT2D eigenvalue weighted by molar-refractivity contribution is -0.113. The van der Waals surface area contributed by atoms with Crippen molar-refractivity contribution in [2.45, 2.75) is 19.3 Å². The summed E-state index contributed by atoms with van der Waals surface area (Å²) in [5, 5.41) is 0. The van der Waals surface area contributed by atoms with E-state index in [4.69, 9.17) is 27.4 Å². The third-order valence-corrected chi connectivity index (χ3v) is 7.83. The van der Waals surface area contributed by atoms with Gasteiger partial charge in [0.25, 0.3) is 5.91 Å². The summed E-state index contributed by atoms with van der Waals surface area (Å²) in [6.07, 6.45) is 5.42. The van der Waals surface area contributed by atoms with Gasteiger partial charge in [-0.15, -0.1) is 12.4 Å². The molecule has 5 rings (SSSR count). The summed E-state index contributed by atoms with van der Waals surface area (Å²) in [5.41, 5.74) is 7.26. The van der Waals surface area contributed by atoms with E-state index in [1.807, 2.05) is 54.6 Å². The molecule has 0 atom stereocenters. The number of thiocarbonyl (C=S) groups is 1. The number of benzene rings is 3. The maximum atomic E-state index is 13.2. The van der Waals surface area contributed by atoms with Crippen LogP contribution >= 0.6 is 36.4 Å². The highest BCUT2D eigenvalue weighted by Crippen LogP contribution is 2.36. The van der Waals surface area contributed by atoms with Crippen molar-refractivity contribution in [1.82, 2.24) is 4.90 Å². The number of ether oxygens (including phenoxy) is 2. The number of carbonyl (C=O) groups is 2. The van der Waals surface area contributed by atoms with Gasteiger partial charge in [-0.25, -0.2) is 0 Å². The van der Waals surface area contributed by atoms with Gasteiger partial charge in [-0.3, -0.25) is 14.5 Å². The average Bonchev–Trinajstić information content (AvgIpc) is 3.56. The maximum absolute atomic E-state index is 13.2. The van der Waals surface area contributed by atoms with Gasteiger partial charge < -0.3 is 20.1 Å². The minimum Gasteiger partial charge on any atom is -0.494 e. The van der Waals surface area contributed by atoms with Gasteiger partial charge in [-0.05, 0) is 105 Å². The van der Waals surface area contributed by atoms with E-state index in [9.17, 15) is 9.59 Å². The number of nitrogens with zero attached hydrogens (tertiary/aromatic N) is 2. The summed E-state index contributed by atoms with van der Waals surface area (Å²) in [7, 11) is 0. The minimum atomic E-state index is -0.485. The predicted octanol–water partition coefficient (Wildman–Crippen LogP) is 6.27. The second-order valence-electron chi connectivity index (χ2n) is 9.32. The molecule has 2 fully saturated rings. The standard InChI is InChI=1S/C30H29N3O4S2.ClH/c31-28(34)22-6-12-26(13-7-22)37-25-10-4-21(5-11-25)20-27-29(35)33(30(38)39-27)23-8-14-24(15-9-23)36-19-3-18-32-16-1-2-17-32;/h4-15,20H,1-3,16-19H2,(H2,31,34);1H. The van der Waals surface area contributed by atoms with Crippen molar-refractivity contribution >= 4 is 64.3 Å². The molecule has 0 unspecified atom stereocenters. The van der Waals surface area contributed by atoms with Crippen molar-refractivity contribution in [3.05, 3.63) is 88.8 Å². The molecule has 7 nitrogen and oxygen atoms in total. The van der Waals surface area contributed by atoms with Gasteiger partial charge in [-0.2, -0.15) is 0 Å². The Kier molecular flexibility index (Phi) is 10.2. The fourth-order valence-corrected chi connectivity index (χ4v) is 5.77. The zero-order valence-corrected chi connectivity index (χ0v) is 24.2. The van der Waals surface area contributed by atoms with Gasteiger partial charge in [0.15, 0.2) is 4.32 Å². The number of primary amides is 1. The first-order chi connectivity index (χ1) is 19.0. The van der Waals surface area contributed by atoms with E-state index in [0.717, 1.165) is 30.0 Å². The smallest absolute Gasteiger partial charge is 0.270 e. The van der Waals surface area contributed by atoms with Gasteiger partial charge in [0, 0.05) is 12.1 Å². The molecule has 2 aliphatic heterocycles. The number of thioether (sulfide) groups is 1. The van der Waals surface area contributed by atoms with Crippen molar-refractivity contribution in [2.75, 3.05) is 31.1 Å². The van der Waals surface area contributed by atoms with Crippen molar-refractivity contribution in [1.29, 1.82) is 0 Å². The van der Waals surface area contributed by atoms with Crippen LogP contribution in [0.3, 0.4) is 0 Å². The molecule has 2 heterocycles. The van der Waals surface area contributed by atoms with Crippen molar-refractivity contribution < 1.29 is 19.1 Å². The molecule has 0 bridgehead atoms. The van der Waals surface area contributed by atoms with Gasteiger partial charge >= 0.3 is 0 Å². The Hall–Kier alpha value is -3.37. The molecule has 2 N–H and O–H groups in total. The van der Waals surface area contributed by atoms with Gasteiger partial charge in [0.05, 0.1) is 17.2 Å². The van der Waals surface area contributed by atoms with Gasteiger partial charge in [0.1, 0.15) is 17.2 Å². The topological polar surface area (TPSA) is 85.1 Å². The maximum Gasteiger partial charge on any atom is 0.270 e. The summed E-state index contributed by atoms with van der Waals surface area (Å²) in [6, 6.07) is 21.5. The first kappa shape index (κ1) is 29.6. The number of anilines is 1. The molecule has 3 aromatic rings. The van der Waals surface area contributed by atoms with Crippen molar-refractivity contribution in [3.8, 4) is 17.2 Å². The van der Waals surface area contributed by atoms with Crippen LogP contribution in [0.4, 0.5) is 5.69 Å². The Morgan fingerprint density at radius 2 is 1.52 bits per heavy atom. The largest absolute Gasteiger partial charge is 0.494 e. The SMILES string of the molecule is Cl.NC(=O)c1ccc(Oc2ccc(C=C3SC(=S)N(c4ccc(OCCCN5CCCC5)cc4)C3=O)cc2)cc1. The highest BCUT2D eigenvalue weighted by molar-refractivity contribution is 8.27. The molecule has 0 saturated carbocycles. The van der Waals surface area contributed by atoms with E-state index in [1.165, 1.54) is 37.7 Å². The second-order valence-corrected chi connectivity index (χ2v) is 11.0. The summed E-state index contributed by atoms with van der Waals surface area (Å²) < 4.78 is 12.2. The minimum absolute atomic E-state index is 0. The number of nitrogens with two attached hydrogens (primary N) is 1. The quantitative estimate of drug-likeness (QED) is 0.168. The molecule has 2 amide bonds. The zero-order valence-electron chi connectivity index (χ0n) is 21.8. The molecule has 3 aromatic carbocycles. The Balaban J connectivity index is 0.00000370. The molecule has 0 spiro atoms. The van der Waals surface area contributed by atoms with Crippen molar-refractivity contribution in [3.63, 3.8) is 0 Å². The zero-order chi connectivity index (χ0) is 27.2. The monoisotopic (exact) mass is 595 g/mol. The van der Waals surface area contributed by atoms with Crippen LogP contribution in [-0.4, -0.2) is 47.3 Å². The normalized spacial score (nSPS) is 16.3. The molecule has 208 valence electrons. The van der Waals surface area contributed by atoms with Crippen LogP contribution < -0.4 is 20.1 Å². The Morgan fingerprint density at radius 1 is 0.925 bits per heavy atom. The van der Waals surface area contributed by atoms with E-state index in [-0.39, 0.29) is 18.3 Å². The summed E-state index contributed by atoms with van der Waals surface area (Å²) in [4.78, 5) is 29.0. The highest BCUT2D eigenvalue weighted by atomic mass is 35.5. The van der Waals surface area contributed by atoms with Crippen LogP contribution in [0.15, 0.2) is 77.7 Å². The number of rotatable bonds is 10. The fraction of sp³-hybridized carbons (Fsp3) is 0.233. The summed E-state index contributed by atoms with van der Waals surface area (Å²) >= 11 is 6.80. The molecular weight excluding hydrogens is 566 g/mol. The van der Waals surface area contributed by atoms with Crippen LogP contribution in [0.5, 0.6) is 17.2 Å². The number of carbonyl (C=O) groups excluding carboxylic acids is 2. The second kappa shape index (κ2) is 13.8. The number of hydrogen-bond acceptors (Lipinski definition) is 7.